The van der Waals surface area contributed by atoms with Crippen LogP contribution in [0, 0.1) is 5.82 Å². The molecule has 1 N–H and O–H groups in total. The summed E-state index contributed by atoms with van der Waals surface area (Å²) in [6.07, 6.45) is 4.57. The fourth-order valence-electron chi connectivity index (χ4n) is 4.21. The molecule has 0 saturated carbocycles. The number of rotatable bonds is 2. The van der Waals surface area contributed by atoms with Crippen LogP contribution in [0.15, 0.2) is 78.9 Å². The number of aromatic nitrogens is 4. The molecule has 0 radical (unpaired) electrons. The molecule has 2 aliphatic heterocycles. The van der Waals surface area contributed by atoms with Crippen LogP contribution in [0.2, 0.25) is 5.02 Å². The number of nitrogens with zero attached hydrogens (tertiary/aromatic N) is 4. The summed E-state index contributed by atoms with van der Waals surface area (Å²) in [5.74, 6) is 0.992. The second-order valence-corrected chi connectivity index (χ2v) is 7.80. The first kappa shape index (κ1) is 18.1. The molecule has 0 fully saturated rings. The number of pyridine rings is 1. The van der Waals surface area contributed by atoms with Crippen LogP contribution in [0.5, 0.6) is 5.75 Å². The van der Waals surface area contributed by atoms with Crippen molar-refractivity contribution in [2.75, 3.05) is 5.32 Å². The van der Waals surface area contributed by atoms with Crippen LogP contribution in [0.3, 0.4) is 0 Å². The summed E-state index contributed by atoms with van der Waals surface area (Å²) in [5.41, 5.74) is 4.38. The lowest BCUT2D eigenvalue weighted by Gasteiger charge is -2.38. The highest BCUT2D eigenvalue weighted by molar-refractivity contribution is 6.30. The first-order valence-corrected chi connectivity index (χ1v) is 10.1. The minimum atomic E-state index is -0.473. The normalized spacial score (nSPS) is 19.0. The molecule has 31 heavy (non-hydrogen) atoms. The molecule has 2 atom stereocenters. The summed E-state index contributed by atoms with van der Waals surface area (Å²) in [6.45, 7) is 0. The van der Waals surface area contributed by atoms with Gasteiger partial charge in [-0.05, 0) is 47.5 Å². The zero-order valence-corrected chi connectivity index (χ0v) is 16.8. The zero-order chi connectivity index (χ0) is 20.9. The zero-order valence-electron chi connectivity index (χ0n) is 16.0. The molecule has 152 valence electrons. The second-order valence-electron chi connectivity index (χ2n) is 7.36. The van der Waals surface area contributed by atoms with Crippen LogP contribution >= 0.6 is 11.6 Å². The number of hydrogen-bond acceptors (Lipinski definition) is 5. The number of benzene rings is 2. The van der Waals surface area contributed by atoms with Gasteiger partial charge in [0.1, 0.15) is 30.0 Å². The van der Waals surface area contributed by atoms with Crippen LogP contribution in [-0.4, -0.2) is 19.7 Å². The Kier molecular flexibility index (Phi) is 4.04. The highest BCUT2D eigenvalue weighted by Crippen LogP contribution is 2.50. The Morgan fingerprint density at radius 3 is 2.74 bits per heavy atom. The van der Waals surface area contributed by atoms with Gasteiger partial charge in [-0.3, -0.25) is 4.98 Å². The Bertz CT molecular complexity index is 1320. The van der Waals surface area contributed by atoms with Crippen LogP contribution in [0.25, 0.3) is 5.70 Å². The topological polar surface area (TPSA) is 64.9 Å². The van der Waals surface area contributed by atoms with Crippen molar-refractivity contribution in [3.05, 3.63) is 106 Å². The van der Waals surface area contributed by atoms with E-state index in [-0.39, 0.29) is 11.9 Å². The molecule has 0 amide bonds. The third-order valence-corrected chi connectivity index (χ3v) is 5.78. The van der Waals surface area contributed by atoms with E-state index in [2.05, 4.69) is 20.4 Å². The molecule has 0 spiro atoms. The van der Waals surface area contributed by atoms with Gasteiger partial charge in [-0.2, -0.15) is 10.1 Å². The lowest BCUT2D eigenvalue weighted by molar-refractivity contribution is 0.223. The van der Waals surface area contributed by atoms with Crippen LogP contribution in [0.1, 0.15) is 28.8 Å². The molecule has 0 bridgehead atoms. The maximum absolute atomic E-state index is 13.7. The van der Waals surface area contributed by atoms with Crippen LogP contribution in [0.4, 0.5) is 10.3 Å². The monoisotopic (exact) mass is 431 g/mol. The van der Waals surface area contributed by atoms with Crippen molar-refractivity contribution in [1.82, 2.24) is 19.7 Å². The maximum Gasteiger partial charge on any atom is 0.226 e. The molecule has 8 heteroatoms. The van der Waals surface area contributed by atoms with Crippen molar-refractivity contribution in [1.29, 1.82) is 0 Å². The Balaban J connectivity index is 1.64. The summed E-state index contributed by atoms with van der Waals surface area (Å²) in [6, 6.07) is 15.4. The molecule has 6 rings (SSSR count). The summed E-state index contributed by atoms with van der Waals surface area (Å²) in [4.78, 5) is 8.70. The van der Waals surface area contributed by atoms with Crippen molar-refractivity contribution in [2.24, 2.45) is 0 Å². The van der Waals surface area contributed by atoms with E-state index in [4.69, 9.17) is 16.3 Å². The Morgan fingerprint density at radius 2 is 1.94 bits per heavy atom. The van der Waals surface area contributed by atoms with Gasteiger partial charge in [0.2, 0.25) is 5.95 Å². The van der Waals surface area contributed by atoms with E-state index in [1.807, 2.05) is 28.9 Å². The molecule has 6 nitrogen and oxygen atoms in total. The van der Waals surface area contributed by atoms with Crippen molar-refractivity contribution >= 4 is 23.2 Å². The third kappa shape index (κ3) is 2.89. The van der Waals surface area contributed by atoms with E-state index >= 15 is 0 Å². The minimum absolute atomic E-state index is 0.301. The predicted octanol–water partition coefficient (Wildman–Crippen LogP) is 5.03. The first-order chi connectivity index (χ1) is 15.2. The van der Waals surface area contributed by atoms with Crippen molar-refractivity contribution in [3.8, 4) is 5.75 Å². The minimum Gasteiger partial charge on any atom is -0.480 e. The van der Waals surface area contributed by atoms with Gasteiger partial charge >= 0.3 is 0 Å². The fourth-order valence-corrected chi connectivity index (χ4v) is 4.38. The van der Waals surface area contributed by atoms with Crippen molar-refractivity contribution < 1.29 is 9.13 Å². The number of ether oxygens (including phenoxy) is 1. The van der Waals surface area contributed by atoms with Crippen molar-refractivity contribution in [2.45, 2.75) is 12.1 Å². The third-order valence-electron chi connectivity index (χ3n) is 5.55. The second kappa shape index (κ2) is 6.92. The lowest BCUT2D eigenvalue weighted by atomic mass is 9.85. The van der Waals surface area contributed by atoms with E-state index in [0.717, 1.165) is 28.0 Å². The predicted molar refractivity (Wildman–Crippen MR) is 114 cm³/mol. The average Bonchev–Trinajstić information content (AvgIpc) is 3.27. The van der Waals surface area contributed by atoms with E-state index in [1.54, 1.807) is 30.6 Å². The van der Waals surface area contributed by atoms with Gasteiger partial charge < -0.3 is 10.1 Å². The number of hydrogen-bond donors (Lipinski definition) is 1. The van der Waals surface area contributed by atoms with E-state index in [0.29, 0.717) is 16.7 Å². The van der Waals surface area contributed by atoms with Crippen LogP contribution in [-0.2, 0) is 0 Å². The molecule has 2 aliphatic rings. The summed E-state index contributed by atoms with van der Waals surface area (Å²) in [5, 5.41) is 8.47. The van der Waals surface area contributed by atoms with E-state index < -0.39 is 6.10 Å². The number of fused-ring (bicyclic) bond motifs is 3. The van der Waals surface area contributed by atoms with Gasteiger partial charge in [-0.1, -0.05) is 29.8 Å². The number of halogens is 2. The largest absolute Gasteiger partial charge is 0.480 e. The van der Waals surface area contributed by atoms with Gasteiger partial charge in [-0.15, -0.1) is 0 Å². The quantitative estimate of drug-likeness (QED) is 0.482. The molecular formula is C23H15ClFN5O. The van der Waals surface area contributed by atoms with Gasteiger partial charge in [0.05, 0.1) is 5.70 Å². The van der Waals surface area contributed by atoms with Gasteiger partial charge in [0.25, 0.3) is 0 Å². The number of anilines is 1. The van der Waals surface area contributed by atoms with Gasteiger partial charge in [0.15, 0.2) is 0 Å². The standard InChI is InChI=1S/C23H15ClFN5O/c24-15-5-8-18-17(10-15)20-19(22(31-18)13-3-6-16(25)7-4-13)21(14-2-1-9-26-11-14)30-23(29-20)27-12-28-30/h1-12,21-22H,(H,27,28,29)/t21-,22+/m0/s1. The Hall–Kier alpha value is -3.71. The molecule has 4 heterocycles. The SMILES string of the molecule is Fc1ccc([C@H]2Oc3ccc(Cl)cc3C3=C2[C@H](c2cccnc2)n2ncnc2N3)cc1. The lowest BCUT2D eigenvalue weighted by Crippen LogP contribution is -2.32. The number of nitrogens with one attached hydrogen (secondary N) is 1. The maximum atomic E-state index is 13.7. The first-order valence-electron chi connectivity index (χ1n) is 9.71. The highest BCUT2D eigenvalue weighted by atomic mass is 35.5. The molecule has 2 aromatic heterocycles. The summed E-state index contributed by atoms with van der Waals surface area (Å²) in [7, 11) is 0. The van der Waals surface area contributed by atoms with Gasteiger partial charge in [-0.25, -0.2) is 9.07 Å². The van der Waals surface area contributed by atoms with Gasteiger partial charge in [0, 0.05) is 28.6 Å². The molecular weight excluding hydrogens is 417 g/mol. The molecule has 2 aromatic carbocycles. The Labute approximate surface area is 182 Å². The van der Waals surface area contributed by atoms with Crippen LogP contribution < -0.4 is 10.1 Å². The van der Waals surface area contributed by atoms with E-state index in [1.165, 1.54) is 18.5 Å². The highest BCUT2D eigenvalue weighted by Gasteiger charge is 2.41. The van der Waals surface area contributed by atoms with E-state index in [9.17, 15) is 4.39 Å². The summed E-state index contributed by atoms with van der Waals surface area (Å²) < 4.78 is 21.9. The molecule has 0 aliphatic carbocycles. The smallest absolute Gasteiger partial charge is 0.226 e. The average molecular weight is 432 g/mol. The fraction of sp³-hybridized carbons (Fsp3) is 0.0870. The summed E-state index contributed by atoms with van der Waals surface area (Å²) >= 11 is 6.32. The Morgan fingerprint density at radius 1 is 1.06 bits per heavy atom. The molecule has 0 saturated heterocycles. The van der Waals surface area contributed by atoms with Crippen molar-refractivity contribution in [3.63, 3.8) is 0 Å². The molecule has 4 aromatic rings. The molecule has 0 unspecified atom stereocenters.